The molecule has 0 radical (unpaired) electrons. The molecule has 1 aliphatic rings. The topological polar surface area (TPSA) is 45.0 Å². The Morgan fingerprint density at radius 2 is 2.06 bits per heavy atom. The summed E-state index contributed by atoms with van der Waals surface area (Å²) in [7, 11) is 0. The molecule has 2 unspecified atom stereocenters. The van der Waals surface area contributed by atoms with Crippen LogP contribution >= 0.6 is 0 Å². The SMILES string of the molecule is CC(C)CCOC(C)CC(C)(C#N)NC1CC1. The molecule has 0 bridgehead atoms. The molecule has 17 heavy (non-hydrogen) atoms. The first-order chi connectivity index (χ1) is 7.95. The van der Waals surface area contributed by atoms with Crippen LogP contribution < -0.4 is 5.32 Å². The van der Waals surface area contributed by atoms with Gasteiger partial charge in [-0.2, -0.15) is 5.26 Å². The molecule has 3 heteroatoms. The summed E-state index contributed by atoms with van der Waals surface area (Å²) >= 11 is 0. The number of nitrogens with one attached hydrogen (secondary N) is 1. The quantitative estimate of drug-likeness (QED) is 0.707. The van der Waals surface area contributed by atoms with E-state index in [1.807, 2.05) is 6.92 Å². The fourth-order valence-electron chi connectivity index (χ4n) is 1.95. The number of rotatable bonds is 8. The Labute approximate surface area is 106 Å². The second-order valence-corrected chi connectivity index (χ2v) is 5.93. The van der Waals surface area contributed by atoms with Gasteiger partial charge in [0.25, 0.3) is 0 Å². The van der Waals surface area contributed by atoms with E-state index in [0.29, 0.717) is 12.0 Å². The third kappa shape index (κ3) is 6.05. The largest absolute Gasteiger partial charge is 0.378 e. The van der Waals surface area contributed by atoms with Crippen LogP contribution in [0.1, 0.15) is 53.4 Å². The van der Waals surface area contributed by atoms with Gasteiger partial charge in [-0.05, 0) is 39.0 Å². The van der Waals surface area contributed by atoms with Crippen LogP contribution in [0.3, 0.4) is 0 Å². The lowest BCUT2D eigenvalue weighted by molar-refractivity contribution is 0.0412. The Morgan fingerprint density at radius 3 is 2.53 bits per heavy atom. The van der Waals surface area contributed by atoms with E-state index >= 15 is 0 Å². The predicted molar refractivity (Wildman–Crippen MR) is 69.7 cm³/mol. The Kier molecular flexibility index (Phi) is 5.42. The first-order valence-corrected chi connectivity index (χ1v) is 6.76. The van der Waals surface area contributed by atoms with Crippen molar-refractivity contribution in [1.29, 1.82) is 5.26 Å². The molecule has 1 saturated carbocycles. The summed E-state index contributed by atoms with van der Waals surface area (Å²) in [5.74, 6) is 0.675. The highest BCUT2D eigenvalue weighted by atomic mass is 16.5. The zero-order chi connectivity index (χ0) is 12.9. The van der Waals surface area contributed by atoms with Crippen LogP contribution in [0.15, 0.2) is 0 Å². The zero-order valence-electron chi connectivity index (χ0n) is 11.6. The third-order valence-corrected chi connectivity index (χ3v) is 3.14. The second-order valence-electron chi connectivity index (χ2n) is 5.93. The van der Waals surface area contributed by atoms with E-state index in [1.54, 1.807) is 0 Å². The van der Waals surface area contributed by atoms with E-state index in [0.717, 1.165) is 19.4 Å². The van der Waals surface area contributed by atoms with Gasteiger partial charge in [0.05, 0.1) is 12.2 Å². The summed E-state index contributed by atoms with van der Waals surface area (Å²) in [5.41, 5.74) is -0.432. The van der Waals surface area contributed by atoms with Crippen molar-refractivity contribution in [2.24, 2.45) is 5.92 Å². The molecule has 0 aromatic rings. The molecule has 0 heterocycles. The highest BCUT2D eigenvalue weighted by Gasteiger charge is 2.33. The van der Waals surface area contributed by atoms with Crippen LogP contribution in [0, 0.1) is 17.2 Å². The number of hydrogen-bond donors (Lipinski definition) is 1. The Morgan fingerprint density at radius 1 is 1.41 bits per heavy atom. The molecular formula is C14H26N2O. The number of nitrogens with zero attached hydrogens (tertiary/aromatic N) is 1. The molecule has 98 valence electrons. The molecule has 1 aliphatic carbocycles. The van der Waals surface area contributed by atoms with Crippen LogP contribution in [0.4, 0.5) is 0 Å². The van der Waals surface area contributed by atoms with Gasteiger partial charge in [0.15, 0.2) is 0 Å². The molecule has 0 saturated heterocycles. The average molecular weight is 238 g/mol. The van der Waals surface area contributed by atoms with E-state index in [1.165, 1.54) is 12.8 Å². The second kappa shape index (κ2) is 6.37. The van der Waals surface area contributed by atoms with Crippen molar-refractivity contribution in [3.05, 3.63) is 0 Å². The van der Waals surface area contributed by atoms with E-state index in [-0.39, 0.29) is 6.10 Å². The molecule has 0 aromatic heterocycles. The highest BCUT2D eigenvalue weighted by Crippen LogP contribution is 2.25. The minimum atomic E-state index is -0.432. The summed E-state index contributed by atoms with van der Waals surface area (Å²) in [5, 5.41) is 12.7. The lowest BCUT2D eigenvalue weighted by atomic mass is 9.96. The third-order valence-electron chi connectivity index (χ3n) is 3.14. The normalized spacial score (nSPS) is 20.9. The van der Waals surface area contributed by atoms with Crippen molar-refractivity contribution < 1.29 is 4.74 Å². The first-order valence-electron chi connectivity index (χ1n) is 6.76. The van der Waals surface area contributed by atoms with Crippen molar-refractivity contribution in [3.63, 3.8) is 0 Å². The summed E-state index contributed by atoms with van der Waals surface area (Å²) in [4.78, 5) is 0. The maximum atomic E-state index is 9.26. The summed E-state index contributed by atoms with van der Waals surface area (Å²) in [6, 6.07) is 2.95. The van der Waals surface area contributed by atoms with E-state index in [2.05, 4.69) is 32.2 Å². The van der Waals surface area contributed by atoms with E-state index in [9.17, 15) is 5.26 Å². The average Bonchev–Trinajstić information content (AvgIpc) is 3.00. The van der Waals surface area contributed by atoms with Crippen LogP contribution in [0.5, 0.6) is 0 Å². The van der Waals surface area contributed by atoms with Gasteiger partial charge in [0.2, 0.25) is 0 Å². The molecule has 1 N–H and O–H groups in total. The number of hydrogen-bond acceptors (Lipinski definition) is 3. The maximum Gasteiger partial charge on any atom is 0.106 e. The van der Waals surface area contributed by atoms with Crippen LogP contribution in [-0.4, -0.2) is 24.3 Å². The van der Waals surface area contributed by atoms with E-state index in [4.69, 9.17) is 4.74 Å². The molecule has 3 nitrogen and oxygen atoms in total. The van der Waals surface area contributed by atoms with Crippen LogP contribution in [-0.2, 0) is 4.74 Å². The molecule has 1 fully saturated rings. The van der Waals surface area contributed by atoms with Crippen molar-refractivity contribution in [1.82, 2.24) is 5.32 Å². The molecule has 0 amide bonds. The van der Waals surface area contributed by atoms with Crippen molar-refractivity contribution >= 4 is 0 Å². The standard InChI is InChI=1S/C14H26N2O/c1-11(2)7-8-17-12(3)9-14(4,10-15)16-13-5-6-13/h11-13,16H,5-9H2,1-4H3. The molecule has 0 spiro atoms. The first kappa shape index (κ1) is 14.5. The molecule has 0 aliphatic heterocycles. The van der Waals surface area contributed by atoms with Gasteiger partial charge in [-0.15, -0.1) is 0 Å². The van der Waals surface area contributed by atoms with E-state index < -0.39 is 5.54 Å². The Hall–Kier alpha value is -0.590. The molecule has 0 aromatic carbocycles. The van der Waals surface area contributed by atoms with Gasteiger partial charge < -0.3 is 4.74 Å². The minimum Gasteiger partial charge on any atom is -0.378 e. The molecular weight excluding hydrogens is 212 g/mol. The monoisotopic (exact) mass is 238 g/mol. The fourth-order valence-corrected chi connectivity index (χ4v) is 1.95. The number of ether oxygens (including phenoxy) is 1. The van der Waals surface area contributed by atoms with Gasteiger partial charge in [0.1, 0.15) is 5.54 Å². The Bertz CT molecular complexity index is 268. The summed E-state index contributed by atoms with van der Waals surface area (Å²) < 4.78 is 5.76. The zero-order valence-corrected chi connectivity index (χ0v) is 11.6. The van der Waals surface area contributed by atoms with Gasteiger partial charge >= 0.3 is 0 Å². The fraction of sp³-hybridized carbons (Fsp3) is 0.929. The number of nitriles is 1. The van der Waals surface area contributed by atoms with Gasteiger partial charge in [0, 0.05) is 19.1 Å². The molecule has 1 rings (SSSR count). The predicted octanol–water partition coefficient (Wildman–Crippen LogP) is 2.86. The molecule has 2 atom stereocenters. The summed E-state index contributed by atoms with van der Waals surface area (Å²) in [6.45, 7) is 9.23. The van der Waals surface area contributed by atoms with Gasteiger partial charge in [-0.25, -0.2) is 0 Å². The summed E-state index contributed by atoms with van der Waals surface area (Å²) in [6.07, 6.45) is 4.41. The Balaban J connectivity index is 2.26. The smallest absolute Gasteiger partial charge is 0.106 e. The van der Waals surface area contributed by atoms with Gasteiger partial charge in [-0.1, -0.05) is 13.8 Å². The lowest BCUT2D eigenvalue weighted by Gasteiger charge is -2.27. The van der Waals surface area contributed by atoms with Gasteiger partial charge in [-0.3, -0.25) is 5.32 Å². The highest BCUT2D eigenvalue weighted by molar-refractivity contribution is 5.07. The van der Waals surface area contributed by atoms with Crippen LogP contribution in [0.25, 0.3) is 0 Å². The van der Waals surface area contributed by atoms with Crippen molar-refractivity contribution in [3.8, 4) is 6.07 Å². The van der Waals surface area contributed by atoms with Crippen molar-refractivity contribution in [2.75, 3.05) is 6.61 Å². The maximum absolute atomic E-state index is 9.26. The minimum absolute atomic E-state index is 0.143. The lowest BCUT2D eigenvalue weighted by Crippen LogP contribution is -2.45. The van der Waals surface area contributed by atoms with Crippen molar-refractivity contribution in [2.45, 2.75) is 71.1 Å². The van der Waals surface area contributed by atoms with Crippen LogP contribution in [0.2, 0.25) is 0 Å².